The smallest absolute Gasteiger partial charge is 0.236 e. The van der Waals surface area contributed by atoms with Crippen molar-refractivity contribution in [2.45, 2.75) is 31.8 Å². The van der Waals surface area contributed by atoms with Gasteiger partial charge in [0.25, 0.3) is 0 Å². The van der Waals surface area contributed by atoms with Crippen LogP contribution in [0, 0.1) is 0 Å². The molecule has 3 saturated heterocycles. The van der Waals surface area contributed by atoms with Gasteiger partial charge >= 0.3 is 0 Å². The van der Waals surface area contributed by atoms with Crippen molar-refractivity contribution in [1.29, 1.82) is 0 Å². The van der Waals surface area contributed by atoms with Gasteiger partial charge in [0.05, 0.1) is 19.2 Å². The van der Waals surface area contributed by atoms with Gasteiger partial charge in [-0.15, -0.1) is 0 Å². The van der Waals surface area contributed by atoms with Gasteiger partial charge in [-0.1, -0.05) is 0 Å². The highest BCUT2D eigenvalue weighted by Gasteiger charge is 2.24. The summed E-state index contributed by atoms with van der Waals surface area (Å²) in [5, 5.41) is 2.97. The summed E-state index contributed by atoms with van der Waals surface area (Å²) in [6, 6.07) is 0. The van der Waals surface area contributed by atoms with E-state index in [9.17, 15) is 9.59 Å². The Morgan fingerprint density at radius 3 is 2.21 bits per heavy atom. The molecule has 3 fully saturated rings. The Morgan fingerprint density at radius 2 is 1.58 bits per heavy atom. The van der Waals surface area contributed by atoms with E-state index in [1.165, 1.54) is 0 Å². The van der Waals surface area contributed by atoms with E-state index >= 15 is 0 Å². The number of nitrogens with zero attached hydrogens (tertiary/aromatic N) is 3. The minimum absolute atomic E-state index is 0.0760. The van der Waals surface area contributed by atoms with Gasteiger partial charge in [-0.05, 0) is 25.7 Å². The molecule has 1 atom stereocenters. The number of hydrogen-bond acceptors (Lipinski definition) is 5. The molecule has 3 aliphatic rings. The third kappa shape index (κ3) is 5.16. The molecule has 2 amide bonds. The molecule has 0 saturated carbocycles. The monoisotopic (exact) mass is 338 g/mol. The molecule has 7 nitrogen and oxygen atoms in total. The van der Waals surface area contributed by atoms with Gasteiger partial charge in [0.15, 0.2) is 0 Å². The number of carbonyl (C=O) groups excluding carboxylic acids is 2. The van der Waals surface area contributed by atoms with Crippen molar-refractivity contribution in [2.24, 2.45) is 0 Å². The normalized spacial score (nSPS) is 26.0. The molecule has 0 aliphatic carbocycles. The predicted octanol–water partition coefficient (Wildman–Crippen LogP) is -0.478. The SMILES string of the molecule is O=C(CN1CCN(CC(=O)N2CCCC2)CC1)NCC1CCCO1. The van der Waals surface area contributed by atoms with Gasteiger partial charge in [-0.2, -0.15) is 0 Å². The standard InChI is InChI=1S/C17H30N4O3/c22-16(18-12-15-4-3-11-24-15)13-19-7-9-20(10-8-19)14-17(23)21-5-1-2-6-21/h15H,1-14H2,(H,18,22). The number of hydrogen-bond donors (Lipinski definition) is 1. The first-order valence-electron chi connectivity index (χ1n) is 9.31. The first-order valence-corrected chi connectivity index (χ1v) is 9.31. The van der Waals surface area contributed by atoms with Gasteiger partial charge in [0.1, 0.15) is 0 Å². The summed E-state index contributed by atoms with van der Waals surface area (Å²) in [5.41, 5.74) is 0. The van der Waals surface area contributed by atoms with E-state index in [4.69, 9.17) is 4.74 Å². The van der Waals surface area contributed by atoms with Crippen molar-refractivity contribution in [3.05, 3.63) is 0 Å². The Balaban J connectivity index is 1.29. The summed E-state index contributed by atoms with van der Waals surface area (Å²) in [7, 11) is 0. The molecule has 3 rings (SSSR count). The number of piperazine rings is 1. The fraction of sp³-hybridized carbons (Fsp3) is 0.882. The average molecular weight is 338 g/mol. The van der Waals surface area contributed by atoms with E-state index in [2.05, 4.69) is 15.1 Å². The van der Waals surface area contributed by atoms with Crippen molar-refractivity contribution >= 4 is 11.8 Å². The van der Waals surface area contributed by atoms with Crippen LogP contribution >= 0.6 is 0 Å². The zero-order valence-electron chi connectivity index (χ0n) is 14.5. The van der Waals surface area contributed by atoms with Crippen LogP contribution in [0.1, 0.15) is 25.7 Å². The van der Waals surface area contributed by atoms with Crippen molar-refractivity contribution in [1.82, 2.24) is 20.0 Å². The van der Waals surface area contributed by atoms with Gasteiger partial charge < -0.3 is 15.0 Å². The molecule has 1 unspecified atom stereocenters. The van der Waals surface area contributed by atoms with Crippen LogP contribution < -0.4 is 5.32 Å². The number of ether oxygens (including phenoxy) is 1. The van der Waals surface area contributed by atoms with Crippen LogP contribution in [-0.2, 0) is 14.3 Å². The minimum Gasteiger partial charge on any atom is -0.376 e. The van der Waals surface area contributed by atoms with E-state index in [-0.39, 0.29) is 17.9 Å². The largest absolute Gasteiger partial charge is 0.376 e. The van der Waals surface area contributed by atoms with E-state index in [1.54, 1.807) is 0 Å². The van der Waals surface area contributed by atoms with Crippen molar-refractivity contribution in [3.8, 4) is 0 Å². The molecule has 0 aromatic carbocycles. The van der Waals surface area contributed by atoms with E-state index in [0.717, 1.165) is 71.6 Å². The average Bonchev–Trinajstić information content (AvgIpc) is 3.28. The molecule has 0 aromatic heterocycles. The second-order valence-corrected chi connectivity index (χ2v) is 7.08. The lowest BCUT2D eigenvalue weighted by Gasteiger charge is -2.34. The molecule has 3 heterocycles. The summed E-state index contributed by atoms with van der Waals surface area (Å²) in [4.78, 5) is 30.6. The first kappa shape index (κ1) is 17.6. The Labute approximate surface area is 144 Å². The number of rotatable bonds is 6. The summed E-state index contributed by atoms with van der Waals surface area (Å²) in [5.74, 6) is 0.336. The van der Waals surface area contributed by atoms with Crippen LogP contribution in [0.4, 0.5) is 0 Å². The Bertz CT molecular complexity index is 426. The number of carbonyl (C=O) groups is 2. The Hall–Kier alpha value is -1.18. The molecular weight excluding hydrogens is 308 g/mol. The molecule has 1 N–H and O–H groups in total. The number of nitrogens with one attached hydrogen (secondary N) is 1. The fourth-order valence-electron chi connectivity index (χ4n) is 3.66. The molecular formula is C17H30N4O3. The molecule has 7 heteroatoms. The van der Waals surface area contributed by atoms with Gasteiger partial charge in [-0.25, -0.2) is 0 Å². The van der Waals surface area contributed by atoms with Gasteiger partial charge in [0.2, 0.25) is 11.8 Å². The highest BCUT2D eigenvalue weighted by atomic mass is 16.5. The Kier molecular flexibility index (Phi) is 6.45. The van der Waals surface area contributed by atoms with Crippen molar-refractivity contribution in [2.75, 3.05) is 65.5 Å². The van der Waals surface area contributed by atoms with Gasteiger partial charge in [-0.3, -0.25) is 19.4 Å². The number of amides is 2. The fourth-order valence-corrected chi connectivity index (χ4v) is 3.66. The molecule has 3 aliphatic heterocycles. The molecule has 0 radical (unpaired) electrons. The molecule has 24 heavy (non-hydrogen) atoms. The maximum atomic E-state index is 12.2. The van der Waals surface area contributed by atoms with Gasteiger partial charge in [0, 0.05) is 52.4 Å². The van der Waals surface area contributed by atoms with Crippen LogP contribution in [0.25, 0.3) is 0 Å². The lowest BCUT2D eigenvalue weighted by molar-refractivity contribution is -0.132. The maximum absolute atomic E-state index is 12.2. The second-order valence-electron chi connectivity index (χ2n) is 7.08. The van der Waals surface area contributed by atoms with Crippen molar-refractivity contribution < 1.29 is 14.3 Å². The molecule has 0 bridgehead atoms. The number of likely N-dealkylation sites (tertiary alicyclic amines) is 1. The predicted molar refractivity (Wildman–Crippen MR) is 90.7 cm³/mol. The Morgan fingerprint density at radius 1 is 0.917 bits per heavy atom. The summed E-state index contributed by atoms with van der Waals surface area (Å²) < 4.78 is 5.52. The molecule has 0 aromatic rings. The summed E-state index contributed by atoms with van der Waals surface area (Å²) in [6.07, 6.45) is 4.62. The van der Waals surface area contributed by atoms with Crippen LogP contribution in [0.15, 0.2) is 0 Å². The van der Waals surface area contributed by atoms with E-state index in [0.29, 0.717) is 19.6 Å². The minimum atomic E-state index is 0.0760. The lowest BCUT2D eigenvalue weighted by atomic mass is 10.2. The second kappa shape index (κ2) is 8.78. The zero-order valence-corrected chi connectivity index (χ0v) is 14.5. The van der Waals surface area contributed by atoms with Crippen LogP contribution in [0.5, 0.6) is 0 Å². The third-order valence-electron chi connectivity index (χ3n) is 5.20. The highest BCUT2D eigenvalue weighted by molar-refractivity contribution is 5.79. The maximum Gasteiger partial charge on any atom is 0.236 e. The van der Waals surface area contributed by atoms with Crippen molar-refractivity contribution in [3.63, 3.8) is 0 Å². The summed E-state index contributed by atoms with van der Waals surface area (Å²) >= 11 is 0. The van der Waals surface area contributed by atoms with Crippen LogP contribution in [0.3, 0.4) is 0 Å². The summed E-state index contributed by atoms with van der Waals surface area (Å²) in [6.45, 7) is 7.67. The quantitative estimate of drug-likeness (QED) is 0.709. The highest BCUT2D eigenvalue weighted by Crippen LogP contribution is 2.11. The van der Waals surface area contributed by atoms with Crippen LogP contribution in [-0.4, -0.2) is 98.1 Å². The topological polar surface area (TPSA) is 65.1 Å². The van der Waals surface area contributed by atoms with E-state index < -0.39 is 0 Å². The lowest BCUT2D eigenvalue weighted by Crippen LogP contribution is -2.52. The van der Waals surface area contributed by atoms with Crippen LogP contribution in [0.2, 0.25) is 0 Å². The first-order chi connectivity index (χ1) is 11.7. The zero-order chi connectivity index (χ0) is 16.8. The van der Waals surface area contributed by atoms with E-state index in [1.807, 2.05) is 4.90 Å². The molecule has 136 valence electrons. The third-order valence-corrected chi connectivity index (χ3v) is 5.20. The molecule has 0 spiro atoms.